The number of carbonyl (C=O) groups is 1. The van der Waals surface area contributed by atoms with E-state index in [1.807, 2.05) is 4.90 Å². The Kier molecular flexibility index (Phi) is 5.87. The van der Waals surface area contributed by atoms with Crippen LogP contribution in [0.1, 0.15) is 50.5 Å². The van der Waals surface area contributed by atoms with Gasteiger partial charge >= 0.3 is 0 Å². The van der Waals surface area contributed by atoms with Gasteiger partial charge in [0.25, 0.3) is 0 Å². The lowest BCUT2D eigenvalue weighted by atomic mass is 10.0. The van der Waals surface area contributed by atoms with Gasteiger partial charge < -0.3 is 10.2 Å². The summed E-state index contributed by atoms with van der Waals surface area (Å²) >= 11 is 0. The van der Waals surface area contributed by atoms with Gasteiger partial charge in [-0.15, -0.1) is 12.4 Å². The van der Waals surface area contributed by atoms with Crippen LogP contribution in [-0.4, -0.2) is 36.0 Å². The molecular formula is C18H27ClN2O. The molecule has 0 spiro atoms. The quantitative estimate of drug-likeness (QED) is 0.901. The first-order valence-electron chi connectivity index (χ1n) is 8.33. The van der Waals surface area contributed by atoms with Crippen molar-refractivity contribution in [3.63, 3.8) is 0 Å². The van der Waals surface area contributed by atoms with E-state index in [0.717, 1.165) is 38.8 Å². The lowest BCUT2D eigenvalue weighted by molar-refractivity contribution is -0.131. The minimum Gasteiger partial charge on any atom is -0.342 e. The number of hydrogen-bond acceptors (Lipinski definition) is 2. The van der Waals surface area contributed by atoms with Crippen LogP contribution in [0.3, 0.4) is 0 Å². The van der Waals surface area contributed by atoms with Crippen LogP contribution >= 0.6 is 12.4 Å². The van der Waals surface area contributed by atoms with Gasteiger partial charge in [-0.2, -0.15) is 0 Å². The molecule has 1 aromatic carbocycles. The molecule has 2 fully saturated rings. The molecule has 2 aliphatic rings. The average molecular weight is 323 g/mol. The monoisotopic (exact) mass is 322 g/mol. The van der Waals surface area contributed by atoms with E-state index in [2.05, 4.69) is 42.6 Å². The van der Waals surface area contributed by atoms with Gasteiger partial charge in [-0.1, -0.05) is 37.3 Å². The Morgan fingerprint density at radius 3 is 2.55 bits per heavy atom. The lowest BCUT2D eigenvalue weighted by Gasteiger charge is -2.28. The van der Waals surface area contributed by atoms with Crippen molar-refractivity contribution in [2.75, 3.05) is 19.6 Å². The number of amides is 1. The Labute approximate surface area is 139 Å². The third-order valence-corrected chi connectivity index (χ3v) is 5.21. The summed E-state index contributed by atoms with van der Waals surface area (Å²) in [5.74, 6) is 0.846. The molecule has 0 aromatic heterocycles. The molecule has 1 N–H and O–H groups in total. The Balaban J connectivity index is 0.00000176. The van der Waals surface area contributed by atoms with E-state index in [4.69, 9.17) is 0 Å². The molecule has 122 valence electrons. The molecule has 1 saturated carbocycles. The maximum atomic E-state index is 12.3. The predicted octanol–water partition coefficient (Wildman–Crippen LogP) is 3.35. The van der Waals surface area contributed by atoms with Gasteiger partial charge in [-0.05, 0) is 37.7 Å². The average Bonchev–Trinajstić information content (AvgIpc) is 3.29. The number of nitrogens with one attached hydrogen (secondary N) is 1. The molecule has 22 heavy (non-hydrogen) atoms. The van der Waals surface area contributed by atoms with Gasteiger partial charge in [0.05, 0.1) is 6.54 Å². The Bertz CT molecular complexity index is 487. The van der Waals surface area contributed by atoms with E-state index in [-0.39, 0.29) is 23.9 Å². The fraction of sp³-hybridized carbons (Fsp3) is 0.611. The van der Waals surface area contributed by atoms with E-state index >= 15 is 0 Å². The summed E-state index contributed by atoms with van der Waals surface area (Å²) in [4.78, 5) is 14.3. The second kappa shape index (κ2) is 7.47. The molecule has 0 bridgehead atoms. The van der Waals surface area contributed by atoms with Crippen LogP contribution in [0.25, 0.3) is 0 Å². The summed E-state index contributed by atoms with van der Waals surface area (Å²) in [6.07, 6.45) is 5.83. The molecule has 2 atom stereocenters. The highest BCUT2D eigenvalue weighted by Gasteiger charge is 2.53. The number of piperidine rings is 1. The number of carbonyl (C=O) groups excluding carboxylic acids is 1. The van der Waals surface area contributed by atoms with E-state index < -0.39 is 0 Å². The van der Waals surface area contributed by atoms with Gasteiger partial charge in [0.2, 0.25) is 5.91 Å². The number of nitrogens with zero attached hydrogens (tertiary/aromatic N) is 1. The fourth-order valence-corrected chi connectivity index (χ4v) is 3.65. The molecule has 4 heteroatoms. The largest absolute Gasteiger partial charge is 0.342 e. The van der Waals surface area contributed by atoms with Crippen LogP contribution in [0.4, 0.5) is 0 Å². The molecule has 1 heterocycles. The molecular weight excluding hydrogens is 296 g/mol. The molecule has 2 unspecified atom stereocenters. The van der Waals surface area contributed by atoms with Gasteiger partial charge in [0.15, 0.2) is 0 Å². The second-order valence-electron chi connectivity index (χ2n) is 6.47. The number of halogens is 1. The maximum absolute atomic E-state index is 12.3. The zero-order valence-corrected chi connectivity index (χ0v) is 14.2. The van der Waals surface area contributed by atoms with Crippen molar-refractivity contribution in [2.45, 2.75) is 50.5 Å². The predicted molar refractivity (Wildman–Crippen MR) is 92.5 cm³/mol. The summed E-state index contributed by atoms with van der Waals surface area (Å²) in [7, 11) is 0. The third kappa shape index (κ3) is 3.64. The molecule has 1 aliphatic heterocycles. The topological polar surface area (TPSA) is 32.3 Å². The van der Waals surface area contributed by atoms with Crippen LogP contribution in [0.5, 0.6) is 0 Å². The Hall–Kier alpha value is -1.06. The molecule has 0 radical (unpaired) electrons. The number of hydrogen-bond donors (Lipinski definition) is 1. The van der Waals surface area contributed by atoms with E-state index in [1.165, 1.54) is 12.0 Å². The Morgan fingerprint density at radius 1 is 1.23 bits per heavy atom. The lowest BCUT2D eigenvalue weighted by Crippen LogP contribution is -2.45. The summed E-state index contributed by atoms with van der Waals surface area (Å²) in [5.41, 5.74) is 1.55. The van der Waals surface area contributed by atoms with Crippen LogP contribution in [0.2, 0.25) is 0 Å². The van der Waals surface area contributed by atoms with E-state index in [1.54, 1.807) is 0 Å². The minimum atomic E-state index is 0. The number of rotatable bonds is 5. The summed E-state index contributed by atoms with van der Waals surface area (Å²) in [5, 5.41) is 3.57. The van der Waals surface area contributed by atoms with Crippen molar-refractivity contribution in [3.05, 3.63) is 35.9 Å². The summed E-state index contributed by atoms with van der Waals surface area (Å²) < 4.78 is 0. The normalized spacial score (nSPS) is 27.1. The van der Waals surface area contributed by atoms with Crippen molar-refractivity contribution in [3.8, 4) is 0 Å². The fourth-order valence-electron chi connectivity index (χ4n) is 3.65. The highest BCUT2D eigenvalue weighted by Crippen LogP contribution is 2.53. The first kappa shape index (κ1) is 17.3. The molecule has 1 saturated heterocycles. The standard InChI is InChI=1S/C18H26N2O.ClH/c1-2-18(13-16(18)15-9-5-3-6-10-15)19-14-17(21)20-11-7-4-8-12-20;/h3,5-6,9-10,16,19H,2,4,7-8,11-14H2,1H3;1H. The van der Waals surface area contributed by atoms with Crippen LogP contribution in [0.15, 0.2) is 30.3 Å². The molecule has 3 rings (SSSR count). The molecule has 3 nitrogen and oxygen atoms in total. The second-order valence-corrected chi connectivity index (χ2v) is 6.47. The van der Waals surface area contributed by atoms with Crippen molar-refractivity contribution in [2.24, 2.45) is 0 Å². The SMILES string of the molecule is CCC1(NCC(=O)N2CCCCC2)CC1c1ccccc1.Cl. The van der Waals surface area contributed by atoms with Crippen LogP contribution in [0, 0.1) is 0 Å². The van der Waals surface area contributed by atoms with Crippen molar-refractivity contribution in [1.82, 2.24) is 10.2 Å². The highest BCUT2D eigenvalue weighted by molar-refractivity contribution is 5.85. The van der Waals surface area contributed by atoms with Crippen molar-refractivity contribution in [1.29, 1.82) is 0 Å². The molecule has 1 amide bonds. The van der Waals surface area contributed by atoms with Gasteiger partial charge in [-0.25, -0.2) is 0 Å². The van der Waals surface area contributed by atoms with Gasteiger partial charge in [0.1, 0.15) is 0 Å². The smallest absolute Gasteiger partial charge is 0.236 e. The van der Waals surface area contributed by atoms with Gasteiger partial charge in [0, 0.05) is 24.5 Å². The maximum Gasteiger partial charge on any atom is 0.236 e. The zero-order valence-electron chi connectivity index (χ0n) is 13.4. The molecule has 1 aliphatic carbocycles. The first-order valence-corrected chi connectivity index (χ1v) is 8.33. The third-order valence-electron chi connectivity index (χ3n) is 5.21. The molecule has 1 aromatic rings. The Morgan fingerprint density at radius 2 is 1.91 bits per heavy atom. The van der Waals surface area contributed by atoms with Crippen LogP contribution in [-0.2, 0) is 4.79 Å². The highest BCUT2D eigenvalue weighted by atomic mass is 35.5. The summed E-state index contributed by atoms with van der Waals surface area (Å²) in [6, 6.07) is 10.7. The zero-order chi connectivity index (χ0) is 14.7. The minimum absolute atomic E-state index is 0. The first-order chi connectivity index (χ1) is 10.2. The van der Waals surface area contributed by atoms with Crippen LogP contribution < -0.4 is 5.32 Å². The van der Waals surface area contributed by atoms with Crippen molar-refractivity contribution < 1.29 is 4.79 Å². The number of benzene rings is 1. The summed E-state index contributed by atoms with van der Waals surface area (Å²) in [6.45, 7) is 4.61. The van der Waals surface area contributed by atoms with E-state index in [9.17, 15) is 4.79 Å². The van der Waals surface area contributed by atoms with Crippen molar-refractivity contribution >= 4 is 18.3 Å². The van der Waals surface area contributed by atoms with Gasteiger partial charge in [-0.3, -0.25) is 4.79 Å². The number of likely N-dealkylation sites (tertiary alicyclic amines) is 1. The van der Waals surface area contributed by atoms with E-state index in [0.29, 0.717) is 12.5 Å².